The van der Waals surface area contributed by atoms with E-state index in [0.717, 1.165) is 0 Å². The van der Waals surface area contributed by atoms with Crippen molar-refractivity contribution < 1.29 is 13.2 Å². The van der Waals surface area contributed by atoms with Crippen LogP contribution in [0.3, 0.4) is 0 Å². The van der Waals surface area contributed by atoms with Crippen LogP contribution < -0.4 is 15.2 Å². The van der Waals surface area contributed by atoms with Crippen molar-refractivity contribution in [3.63, 3.8) is 0 Å². The summed E-state index contributed by atoms with van der Waals surface area (Å²) in [5.41, 5.74) is 6.93. The highest BCUT2D eigenvalue weighted by Gasteiger charge is 2.19. The average molecular weight is 327 g/mol. The lowest BCUT2D eigenvalue weighted by molar-refractivity contribution is 0.417. The van der Waals surface area contributed by atoms with E-state index in [1.807, 2.05) is 0 Å². The lowest BCUT2D eigenvalue weighted by Gasteiger charge is -2.14. The average Bonchev–Trinajstić information content (AvgIpc) is 2.41. The predicted molar refractivity (Wildman–Crippen MR) is 84.4 cm³/mol. The molecule has 5 nitrogen and oxygen atoms in total. The minimum absolute atomic E-state index is 0.115. The fraction of sp³-hybridized carbons (Fsp3) is 0.143. The molecule has 0 saturated heterocycles. The highest BCUT2D eigenvalue weighted by molar-refractivity contribution is 7.92. The largest absolute Gasteiger partial charge is 0.495 e. The molecule has 0 amide bonds. The molecule has 21 heavy (non-hydrogen) atoms. The Morgan fingerprint density at radius 3 is 2.62 bits per heavy atom. The number of ether oxygens (including phenoxy) is 1. The van der Waals surface area contributed by atoms with E-state index in [0.29, 0.717) is 22.0 Å². The molecule has 0 fully saturated rings. The van der Waals surface area contributed by atoms with Crippen molar-refractivity contribution in [1.29, 1.82) is 0 Å². The summed E-state index contributed by atoms with van der Waals surface area (Å²) in [6, 6.07) is 9.42. The molecule has 0 aromatic heterocycles. The van der Waals surface area contributed by atoms with E-state index in [4.69, 9.17) is 22.1 Å². The van der Waals surface area contributed by atoms with E-state index >= 15 is 0 Å². The van der Waals surface area contributed by atoms with E-state index in [1.165, 1.54) is 19.2 Å². The van der Waals surface area contributed by atoms with Crippen molar-refractivity contribution in [2.75, 3.05) is 17.6 Å². The molecule has 0 aliphatic heterocycles. The highest BCUT2D eigenvalue weighted by Crippen LogP contribution is 2.31. The standard InChI is InChI=1S/C14H15ClN2O3S/c1-9-11(16)4-3-5-14(9)21(18,19)17-12-8-10(15)6-7-13(12)20-2/h3-8,17H,16H2,1-2H3. The Morgan fingerprint density at radius 1 is 1.24 bits per heavy atom. The maximum absolute atomic E-state index is 12.5. The van der Waals surface area contributed by atoms with Gasteiger partial charge >= 0.3 is 0 Å². The molecular formula is C14H15ClN2O3S. The summed E-state index contributed by atoms with van der Waals surface area (Å²) in [5, 5.41) is 0.401. The smallest absolute Gasteiger partial charge is 0.262 e. The normalized spacial score (nSPS) is 11.2. The third kappa shape index (κ3) is 3.22. The van der Waals surface area contributed by atoms with Crippen molar-refractivity contribution >= 4 is 33.0 Å². The van der Waals surface area contributed by atoms with E-state index in [9.17, 15) is 8.42 Å². The minimum atomic E-state index is -3.78. The number of sulfonamides is 1. The number of methoxy groups -OCH3 is 1. The number of nitrogens with one attached hydrogen (secondary N) is 1. The van der Waals surface area contributed by atoms with Gasteiger partial charge in [0.2, 0.25) is 0 Å². The number of nitrogens with two attached hydrogens (primary N) is 1. The molecule has 0 saturated carbocycles. The summed E-state index contributed by atoms with van der Waals surface area (Å²) in [6.07, 6.45) is 0. The molecule has 2 aromatic rings. The zero-order valence-corrected chi connectivity index (χ0v) is 13.1. The summed E-state index contributed by atoms with van der Waals surface area (Å²) in [4.78, 5) is 0.115. The maximum Gasteiger partial charge on any atom is 0.262 e. The van der Waals surface area contributed by atoms with E-state index in [1.54, 1.807) is 31.2 Å². The van der Waals surface area contributed by atoms with Crippen LogP contribution in [0.2, 0.25) is 5.02 Å². The Balaban J connectivity index is 2.47. The molecule has 0 aliphatic carbocycles. The van der Waals surface area contributed by atoms with Gasteiger partial charge < -0.3 is 10.5 Å². The second-order valence-corrected chi connectivity index (χ2v) is 6.51. The molecule has 112 valence electrons. The van der Waals surface area contributed by atoms with Crippen molar-refractivity contribution in [3.8, 4) is 5.75 Å². The molecule has 2 rings (SSSR count). The zero-order valence-electron chi connectivity index (χ0n) is 11.6. The number of anilines is 2. The van der Waals surface area contributed by atoms with Gasteiger partial charge in [-0.2, -0.15) is 0 Å². The quantitative estimate of drug-likeness (QED) is 0.846. The Hall–Kier alpha value is -1.92. The van der Waals surface area contributed by atoms with Crippen LogP contribution in [-0.2, 0) is 10.0 Å². The van der Waals surface area contributed by atoms with Gasteiger partial charge in [0.25, 0.3) is 10.0 Å². The van der Waals surface area contributed by atoms with Crippen LogP contribution in [0, 0.1) is 6.92 Å². The van der Waals surface area contributed by atoms with Gasteiger partial charge in [0, 0.05) is 10.7 Å². The summed E-state index contributed by atoms with van der Waals surface area (Å²) in [5.74, 6) is 0.379. The summed E-state index contributed by atoms with van der Waals surface area (Å²) in [6.45, 7) is 1.65. The number of nitrogen functional groups attached to an aromatic ring is 1. The maximum atomic E-state index is 12.5. The van der Waals surface area contributed by atoms with Gasteiger partial charge in [0.15, 0.2) is 0 Å². The fourth-order valence-corrected chi connectivity index (χ4v) is 3.39. The Bertz CT molecular complexity index is 776. The first-order valence-electron chi connectivity index (χ1n) is 6.06. The van der Waals surface area contributed by atoms with Crippen molar-refractivity contribution in [2.24, 2.45) is 0 Å². The zero-order chi connectivity index (χ0) is 15.6. The van der Waals surface area contributed by atoms with Gasteiger partial charge in [-0.05, 0) is 42.8 Å². The molecule has 0 unspecified atom stereocenters. The second-order valence-electron chi connectivity index (χ2n) is 4.42. The van der Waals surface area contributed by atoms with Gasteiger partial charge in [-0.15, -0.1) is 0 Å². The van der Waals surface area contributed by atoms with Gasteiger partial charge in [-0.1, -0.05) is 17.7 Å². The number of hydrogen-bond donors (Lipinski definition) is 2. The second kappa shape index (κ2) is 5.83. The molecule has 0 radical (unpaired) electrons. The first-order valence-corrected chi connectivity index (χ1v) is 7.92. The van der Waals surface area contributed by atoms with Crippen LogP contribution in [0.5, 0.6) is 5.75 Å². The number of rotatable bonds is 4. The van der Waals surface area contributed by atoms with Crippen LogP contribution in [0.25, 0.3) is 0 Å². The van der Waals surface area contributed by atoms with E-state index < -0.39 is 10.0 Å². The first kappa shape index (κ1) is 15.5. The Kier molecular flexibility index (Phi) is 4.29. The van der Waals surface area contributed by atoms with Crippen molar-refractivity contribution in [1.82, 2.24) is 0 Å². The molecule has 0 aliphatic rings. The lowest BCUT2D eigenvalue weighted by Crippen LogP contribution is -2.15. The first-order chi connectivity index (χ1) is 9.85. The van der Waals surface area contributed by atoms with Crippen LogP contribution in [0.15, 0.2) is 41.3 Å². The number of benzene rings is 2. The van der Waals surface area contributed by atoms with Crippen molar-refractivity contribution in [3.05, 3.63) is 47.0 Å². The Morgan fingerprint density at radius 2 is 1.95 bits per heavy atom. The van der Waals surface area contributed by atoms with Crippen LogP contribution in [-0.4, -0.2) is 15.5 Å². The molecule has 0 atom stereocenters. The molecule has 3 N–H and O–H groups in total. The third-order valence-corrected chi connectivity index (χ3v) is 4.77. The summed E-state index contributed by atoms with van der Waals surface area (Å²) < 4.78 is 32.6. The highest BCUT2D eigenvalue weighted by atomic mass is 35.5. The molecule has 2 aromatic carbocycles. The fourth-order valence-electron chi connectivity index (χ4n) is 1.88. The lowest BCUT2D eigenvalue weighted by atomic mass is 10.2. The summed E-state index contributed by atoms with van der Waals surface area (Å²) in [7, 11) is -2.33. The van der Waals surface area contributed by atoms with E-state index in [2.05, 4.69) is 4.72 Å². The molecule has 0 spiro atoms. The number of halogens is 1. The molecular weight excluding hydrogens is 312 g/mol. The topological polar surface area (TPSA) is 81.4 Å². The monoisotopic (exact) mass is 326 g/mol. The van der Waals surface area contributed by atoms with Gasteiger partial charge in [0.05, 0.1) is 17.7 Å². The minimum Gasteiger partial charge on any atom is -0.495 e. The van der Waals surface area contributed by atoms with Gasteiger partial charge in [-0.25, -0.2) is 8.42 Å². The van der Waals surface area contributed by atoms with Crippen LogP contribution >= 0.6 is 11.6 Å². The Labute approximate surface area is 128 Å². The molecule has 7 heteroatoms. The molecule has 0 bridgehead atoms. The van der Waals surface area contributed by atoms with Crippen LogP contribution in [0.4, 0.5) is 11.4 Å². The molecule has 0 heterocycles. The summed E-state index contributed by atoms with van der Waals surface area (Å²) >= 11 is 5.89. The third-order valence-electron chi connectivity index (χ3n) is 3.02. The number of hydrogen-bond acceptors (Lipinski definition) is 4. The van der Waals surface area contributed by atoms with Crippen molar-refractivity contribution in [2.45, 2.75) is 11.8 Å². The van der Waals surface area contributed by atoms with Crippen LogP contribution in [0.1, 0.15) is 5.56 Å². The van der Waals surface area contributed by atoms with Gasteiger partial charge in [0.1, 0.15) is 5.75 Å². The SMILES string of the molecule is COc1ccc(Cl)cc1NS(=O)(=O)c1cccc(N)c1C. The predicted octanol–water partition coefficient (Wildman–Crippen LogP) is 3.04. The van der Waals surface area contributed by atoms with Gasteiger partial charge in [-0.3, -0.25) is 4.72 Å². The van der Waals surface area contributed by atoms with E-state index in [-0.39, 0.29) is 10.6 Å².